The summed E-state index contributed by atoms with van der Waals surface area (Å²) in [5.74, 6) is 0. The number of hydrogen-bond acceptors (Lipinski definition) is 4. The lowest BCUT2D eigenvalue weighted by Gasteiger charge is -2.28. The molecule has 56 heavy (non-hydrogen) atoms. The lowest BCUT2D eigenvalue weighted by molar-refractivity contribution is 0.353. The zero-order chi connectivity index (χ0) is 37.2. The van der Waals surface area contributed by atoms with Crippen molar-refractivity contribution < 1.29 is 8.39 Å². The minimum atomic E-state index is -1.62. The van der Waals surface area contributed by atoms with Crippen LogP contribution in [-0.4, -0.2) is 24.9 Å². The van der Waals surface area contributed by atoms with Gasteiger partial charge in [-0.2, -0.15) is 0 Å². The van der Waals surface area contributed by atoms with E-state index >= 15 is 0 Å². The Kier molecular flexibility index (Phi) is 7.69. The molecule has 0 spiro atoms. The second-order valence-corrected chi connectivity index (χ2v) is 15.3. The van der Waals surface area contributed by atoms with Gasteiger partial charge in [-0.25, -0.2) is 4.21 Å². The number of hydrogen-bond donors (Lipinski definition) is 0. The van der Waals surface area contributed by atoms with Crippen molar-refractivity contribution in [3.05, 3.63) is 188 Å². The van der Waals surface area contributed by atoms with Crippen LogP contribution in [0.25, 0.3) is 66.1 Å². The summed E-state index contributed by atoms with van der Waals surface area (Å²) in [5, 5.41) is 4.80. The van der Waals surface area contributed by atoms with Crippen LogP contribution in [0.3, 0.4) is 0 Å². The summed E-state index contributed by atoms with van der Waals surface area (Å²) in [6.07, 6.45) is 4.45. The standard InChI is InChI=1S/C49H34N4O2S/c54-56-49-21-11-10-20-48(49)52(43-17-7-4-12-33(43)26-27-55-56)37-30-38(32-50-31-37)53-45-19-9-6-16-40(45)42-29-35(23-25-47(42)53)34-22-24-46-41(28-34)39-15-5-8-18-44(39)51(46)36-13-2-1-3-14-36/h1-25,28-32H,26-27H2. The van der Waals surface area contributed by atoms with Gasteiger partial charge in [-0.05, 0) is 95.9 Å². The van der Waals surface area contributed by atoms with Crippen molar-refractivity contribution in [2.45, 2.75) is 11.3 Å². The summed E-state index contributed by atoms with van der Waals surface area (Å²) in [6, 6.07) is 59.7. The third-order valence-electron chi connectivity index (χ3n) is 11.0. The van der Waals surface area contributed by atoms with Gasteiger partial charge in [0.05, 0.1) is 63.0 Å². The molecule has 4 heterocycles. The van der Waals surface area contributed by atoms with Crippen LogP contribution in [0.5, 0.6) is 0 Å². The lowest BCUT2D eigenvalue weighted by atomic mass is 10.0. The second-order valence-electron chi connectivity index (χ2n) is 14.1. The molecule has 11 rings (SSSR count). The molecule has 7 heteroatoms. The first-order valence-electron chi connectivity index (χ1n) is 18.8. The van der Waals surface area contributed by atoms with E-state index < -0.39 is 11.1 Å². The molecule has 0 amide bonds. The lowest BCUT2D eigenvalue weighted by Crippen LogP contribution is -2.14. The molecule has 0 radical (unpaired) electrons. The van der Waals surface area contributed by atoms with Gasteiger partial charge in [-0.3, -0.25) is 9.17 Å². The number of fused-ring (bicyclic) bond motifs is 8. The number of nitrogens with zero attached hydrogens (tertiary/aromatic N) is 4. The minimum Gasteiger partial charge on any atom is -0.309 e. The Morgan fingerprint density at radius 3 is 1.75 bits per heavy atom. The first kappa shape index (κ1) is 32.6. The molecule has 0 saturated carbocycles. The maximum Gasteiger partial charge on any atom is 0.191 e. The normalized spacial score (nSPS) is 14.4. The molecule has 10 aromatic rings. The Balaban J connectivity index is 1.07. The third-order valence-corrected chi connectivity index (χ3v) is 12.1. The SMILES string of the molecule is O=S1OCCc2ccccc2N(c2cncc(-n3c4ccccc4c4cc(-c5ccc6c(c5)c5ccccc5n6-c5ccccc5)ccc43)c2)c2ccccc21. The fraction of sp³-hybridized carbons (Fsp3) is 0.0408. The van der Waals surface area contributed by atoms with E-state index in [2.05, 4.69) is 147 Å². The smallest absolute Gasteiger partial charge is 0.191 e. The number of pyridine rings is 1. The molecule has 1 aliphatic heterocycles. The van der Waals surface area contributed by atoms with Gasteiger partial charge in [0.15, 0.2) is 11.1 Å². The molecule has 268 valence electrons. The Hall–Kier alpha value is -6.80. The first-order valence-corrected chi connectivity index (χ1v) is 19.9. The minimum absolute atomic E-state index is 0.359. The number of anilines is 3. The van der Waals surface area contributed by atoms with Crippen molar-refractivity contribution >= 4 is 71.8 Å². The van der Waals surface area contributed by atoms with E-state index in [1.807, 2.05) is 48.8 Å². The molecule has 0 bridgehead atoms. The quantitative estimate of drug-likeness (QED) is 0.180. The zero-order valence-electron chi connectivity index (χ0n) is 30.2. The van der Waals surface area contributed by atoms with Crippen molar-refractivity contribution in [3.63, 3.8) is 0 Å². The van der Waals surface area contributed by atoms with Crippen LogP contribution in [0.2, 0.25) is 0 Å². The van der Waals surface area contributed by atoms with Gasteiger partial charge in [-0.1, -0.05) is 97.1 Å². The maximum absolute atomic E-state index is 13.4. The van der Waals surface area contributed by atoms with Crippen LogP contribution in [0, 0.1) is 0 Å². The van der Waals surface area contributed by atoms with Crippen molar-refractivity contribution in [2.24, 2.45) is 0 Å². The van der Waals surface area contributed by atoms with Crippen molar-refractivity contribution in [2.75, 3.05) is 11.5 Å². The highest BCUT2D eigenvalue weighted by Crippen LogP contribution is 2.43. The van der Waals surface area contributed by atoms with Gasteiger partial charge in [-0.15, -0.1) is 0 Å². The fourth-order valence-electron chi connectivity index (χ4n) is 8.52. The highest BCUT2D eigenvalue weighted by molar-refractivity contribution is 7.80. The number of aromatic nitrogens is 3. The molecule has 0 fully saturated rings. The van der Waals surface area contributed by atoms with Gasteiger partial charge in [0.2, 0.25) is 0 Å². The zero-order valence-corrected chi connectivity index (χ0v) is 31.1. The van der Waals surface area contributed by atoms with E-state index in [1.54, 1.807) is 0 Å². The van der Waals surface area contributed by atoms with Crippen LogP contribution in [0.4, 0.5) is 17.1 Å². The molecular weight excluding hydrogens is 709 g/mol. The topological polar surface area (TPSA) is 52.3 Å². The largest absolute Gasteiger partial charge is 0.309 e. The van der Waals surface area contributed by atoms with Crippen LogP contribution >= 0.6 is 0 Å². The number of para-hydroxylation sites is 5. The van der Waals surface area contributed by atoms with Gasteiger partial charge in [0.1, 0.15) is 0 Å². The Bertz CT molecular complexity index is 3170. The fourth-order valence-corrected chi connectivity index (χ4v) is 9.40. The van der Waals surface area contributed by atoms with E-state index in [0.29, 0.717) is 17.9 Å². The Labute approximate surface area is 326 Å². The summed E-state index contributed by atoms with van der Waals surface area (Å²) in [6.45, 7) is 0.359. The first-order chi connectivity index (χ1) is 27.7. The predicted molar refractivity (Wildman–Crippen MR) is 229 cm³/mol. The van der Waals surface area contributed by atoms with Crippen LogP contribution < -0.4 is 4.90 Å². The maximum atomic E-state index is 13.4. The molecule has 1 atom stereocenters. The molecule has 7 aromatic carbocycles. The average Bonchev–Trinajstić information content (AvgIpc) is 3.78. The molecular formula is C49H34N4O2S. The van der Waals surface area contributed by atoms with Crippen LogP contribution in [-0.2, 0) is 21.7 Å². The monoisotopic (exact) mass is 742 g/mol. The van der Waals surface area contributed by atoms with E-state index in [-0.39, 0.29) is 0 Å². The Morgan fingerprint density at radius 2 is 1.04 bits per heavy atom. The summed E-state index contributed by atoms with van der Waals surface area (Å²) in [5.41, 5.74) is 12.8. The molecule has 1 aliphatic rings. The van der Waals surface area contributed by atoms with Gasteiger partial charge in [0, 0.05) is 32.9 Å². The third kappa shape index (κ3) is 5.20. The van der Waals surface area contributed by atoms with Gasteiger partial charge < -0.3 is 14.0 Å². The Morgan fingerprint density at radius 1 is 0.482 bits per heavy atom. The highest BCUT2D eigenvalue weighted by Gasteiger charge is 2.25. The van der Waals surface area contributed by atoms with E-state index in [4.69, 9.17) is 9.17 Å². The average molecular weight is 743 g/mol. The van der Waals surface area contributed by atoms with Crippen LogP contribution in [0.15, 0.2) is 187 Å². The van der Waals surface area contributed by atoms with E-state index in [1.165, 1.54) is 38.1 Å². The molecule has 6 nitrogen and oxygen atoms in total. The van der Waals surface area contributed by atoms with Crippen molar-refractivity contribution in [1.82, 2.24) is 14.1 Å². The summed E-state index contributed by atoms with van der Waals surface area (Å²) >= 11 is -1.62. The van der Waals surface area contributed by atoms with Gasteiger partial charge >= 0.3 is 0 Å². The predicted octanol–water partition coefficient (Wildman–Crippen LogP) is 12.0. The second kappa shape index (κ2) is 13.2. The molecule has 0 aliphatic carbocycles. The van der Waals surface area contributed by atoms with E-state index in [0.717, 1.165) is 50.6 Å². The molecule has 3 aromatic heterocycles. The summed E-state index contributed by atoms with van der Waals surface area (Å²) < 4.78 is 23.9. The summed E-state index contributed by atoms with van der Waals surface area (Å²) in [7, 11) is 0. The molecule has 0 saturated heterocycles. The summed E-state index contributed by atoms with van der Waals surface area (Å²) in [4.78, 5) is 7.64. The molecule has 0 N–H and O–H groups in total. The van der Waals surface area contributed by atoms with Crippen molar-refractivity contribution in [3.8, 4) is 22.5 Å². The number of rotatable bonds is 4. The number of benzene rings is 7. The highest BCUT2D eigenvalue weighted by atomic mass is 32.2. The molecule has 1 unspecified atom stereocenters. The van der Waals surface area contributed by atoms with Crippen molar-refractivity contribution in [1.29, 1.82) is 0 Å². The van der Waals surface area contributed by atoms with Crippen LogP contribution in [0.1, 0.15) is 5.56 Å². The van der Waals surface area contributed by atoms with E-state index in [9.17, 15) is 4.21 Å². The van der Waals surface area contributed by atoms with Gasteiger partial charge in [0.25, 0.3) is 0 Å².